The van der Waals surface area contributed by atoms with Gasteiger partial charge in [0.25, 0.3) is 5.91 Å². The van der Waals surface area contributed by atoms with E-state index in [9.17, 15) is 32.7 Å². The van der Waals surface area contributed by atoms with Gasteiger partial charge in [-0.05, 0) is 107 Å². The molecule has 0 radical (unpaired) electrons. The molecule has 0 bridgehead atoms. The van der Waals surface area contributed by atoms with Crippen LogP contribution in [0.15, 0.2) is 36.9 Å². The van der Waals surface area contributed by atoms with Crippen molar-refractivity contribution in [2.45, 2.75) is 138 Å². The molecule has 4 amide bonds. The number of sulfonamides is 1. The first-order valence-corrected chi connectivity index (χ1v) is 21.8. The van der Waals surface area contributed by atoms with Crippen molar-refractivity contribution in [3.05, 3.63) is 42.6 Å². The minimum Gasteiger partial charge on any atom is -0.492 e. The molecular weight excluding hydrogens is 725 g/mol. The second-order valence-corrected chi connectivity index (χ2v) is 18.2. The normalized spacial score (nSPS) is 27.1. The second kappa shape index (κ2) is 16.4. The van der Waals surface area contributed by atoms with E-state index in [0.29, 0.717) is 49.9 Å². The minimum absolute atomic E-state index is 0.0249. The van der Waals surface area contributed by atoms with Crippen LogP contribution < -0.4 is 15.4 Å². The molecule has 5 fully saturated rings. The summed E-state index contributed by atoms with van der Waals surface area (Å²) in [6, 6.07) is 5.77. The Hall–Kier alpha value is -4.27. The molecule has 0 spiro atoms. The van der Waals surface area contributed by atoms with Gasteiger partial charge in [-0.25, -0.2) is 23.2 Å². The van der Waals surface area contributed by atoms with Crippen LogP contribution >= 0.6 is 0 Å². The number of rotatable bonds is 16. The highest BCUT2D eigenvalue weighted by atomic mass is 32.2. The molecular formula is C40H54N6O8S. The van der Waals surface area contributed by atoms with E-state index in [0.717, 1.165) is 76.1 Å². The first kappa shape index (κ1) is 39.0. The largest absolute Gasteiger partial charge is 0.492 e. The Labute approximate surface area is 322 Å². The molecule has 1 unspecified atom stereocenters. The van der Waals surface area contributed by atoms with Crippen LogP contribution in [-0.2, 0) is 35.6 Å². The van der Waals surface area contributed by atoms with Crippen LogP contribution in [0.25, 0.3) is 11.0 Å². The summed E-state index contributed by atoms with van der Waals surface area (Å²) in [6.07, 6.45) is 13.2. The molecule has 1 aromatic heterocycles. The average Bonchev–Trinajstić information content (AvgIpc) is 3.92. The van der Waals surface area contributed by atoms with Gasteiger partial charge in [-0.2, -0.15) is 0 Å². The van der Waals surface area contributed by atoms with Crippen molar-refractivity contribution in [1.29, 1.82) is 0 Å². The number of ether oxygens (including phenoxy) is 1. The first-order chi connectivity index (χ1) is 26.5. The Kier molecular flexibility index (Phi) is 11.7. The number of likely N-dealkylation sites (tertiary alicyclic amines) is 1. The number of carbonyl (C=O) groups is 4. The molecule has 1 saturated heterocycles. The summed E-state index contributed by atoms with van der Waals surface area (Å²) in [5.41, 5.74) is 0.593. The standard InChI is InChI=1S/C40H54N6O8S/c1-2-27-24-40(27,38(50)45-55(52,53)28-21-22-28)44-36(48)32-19-11-23-46(32)37(49)34(26-13-6-7-14-26)43-39(51)54-33-20-10-15-25(33)12-4-3-5-18-31-35(47)42-30-17-9-8-16-29(30)41-31/h2,8-9,16-17,25-28,32-34H,1,3-7,10-15,18-24H2,(H,42,47)(H,43,51)(H,44,48)(H,45,50)/t25-,27-,32+,33-,34?,40-/m1/s1. The van der Waals surface area contributed by atoms with Crippen LogP contribution in [0, 0.1) is 17.8 Å². The minimum atomic E-state index is -3.82. The molecule has 2 heterocycles. The van der Waals surface area contributed by atoms with Crippen molar-refractivity contribution < 1.29 is 37.4 Å². The number of nitrogens with one attached hydrogen (secondary N) is 3. The average molecular weight is 779 g/mol. The fourth-order valence-corrected chi connectivity index (χ4v) is 10.4. The van der Waals surface area contributed by atoms with E-state index < -0.39 is 56.7 Å². The number of para-hydroxylation sites is 2. The highest BCUT2D eigenvalue weighted by Crippen LogP contribution is 2.45. The van der Waals surface area contributed by atoms with Crippen LogP contribution in [-0.4, -0.2) is 87.7 Å². The lowest BCUT2D eigenvalue weighted by molar-refractivity contribution is -0.142. The third-order valence-electron chi connectivity index (χ3n) is 12.5. The van der Waals surface area contributed by atoms with Gasteiger partial charge in [-0.1, -0.05) is 43.9 Å². The second-order valence-electron chi connectivity index (χ2n) is 16.3. The maximum Gasteiger partial charge on any atom is 0.408 e. The predicted octanol–water partition coefficient (Wildman–Crippen LogP) is 4.55. The highest BCUT2D eigenvalue weighted by molar-refractivity contribution is 7.91. The van der Waals surface area contributed by atoms with Crippen LogP contribution in [0.5, 0.6) is 5.88 Å². The number of aryl methyl sites for hydroxylation is 1. The molecule has 55 heavy (non-hydrogen) atoms. The van der Waals surface area contributed by atoms with E-state index in [2.05, 4.69) is 31.9 Å². The molecule has 4 saturated carbocycles. The highest BCUT2D eigenvalue weighted by Gasteiger charge is 2.61. The Morgan fingerprint density at radius 1 is 0.964 bits per heavy atom. The monoisotopic (exact) mass is 778 g/mol. The molecule has 2 aromatic rings. The smallest absolute Gasteiger partial charge is 0.408 e. The summed E-state index contributed by atoms with van der Waals surface area (Å²) in [5.74, 6) is -1.95. The molecule has 15 heteroatoms. The number of aromatic hydroxyl groups is 1. The van der Waals surface area contributed by atoms with E-state index in [1.54, 1.807) is 0 Å². The lowest BCUT2D eigenvalue weighted by atomic mass is 9.96. The third kappa shape index (κ3) is 8.76. The van der Waals surface area contributed by atoms with Gasteiger partial charge in [-0.15, -0.1) is 6.58 Å². The number of carbonyl (C=O) groups excluding carboxylic acids is 4. The number of benzene rings is 1. The van der Waals surface area contributed by atoms with E-state index in [1.807, 2.05) is 24.3 Å². The molecule has 4 aliphatic carbocycles. The Balaban J connectivity index is 0.922. The molecule has 1 aliphatic heterocycles. The fourth-order valence-electron chi connectivity index (χ4n) is 9.03. The Morgan fingerprint density at radius 2 is 1.71 bits per heavy atom. The van der Waals surface area contributed by atoms with Crippen LogP contribution in [0.2, 0.25) is 0 Å². The molecule has 7 rings (SSSR count). The lowest BCUT2D eigenvalue weighted by Crippen LogP contribution is -2.59. The van der Waals surface area contributed by atoms with Gasteiger partial charge >= 0.3 is 6.09 Å². The van der Waals surface area contributed by atoms with Crippen LogP contribution in [0.4, 0.5) is 4.79 Å². The SMILES string of the molecule is C=C[C@@H]1C[C@]1(NC(=O)[C@@H]1CCCN1C(=O)C(NC(=O)O[C@@H]1CCC[C@H]1CCCCCc1nc2ccccc2nc1O)C1CCCC1)C(=O)NS(=O)(=O)C1CC1. The number of alkyl carbamates (subject to hydrolysis) is 1. The predicted molar refractivity (Wildman–Crippen MR) is 204 cm³/mol. The summed E-state index contributed by atoms with van der Waals surface area (Å²) in [5, 5.41) is 15.5. The number of nitrogens with zero attached hydrogens (tertiary/aromatic N) is 3. The number of unbranched alkanes of at least 4 members (excludes halogenated alkanes) is 2. The van der Waals surface area contributed by atoms with Crippen molar-refractivity contribution in [3.63, 3.8) is 0 Å². The van der Waals surface area contributed by atoms with E-state index >= 15 is 0 Å². The summed E-state index contributed by atoms with van der Waals surface area (Å²) in [7, 11) is -3.82. The number of hydrogen-bond donors (Lipinski definition) is 4. The molecule has 298 valence electrons. The zero-order valence-electron chi connectivity index (χ0n) is 31.4. The van der Waals surface area contributed by atoms with Gasteiger partial charge in [0.1, 0.15) is 29.4 Å². The Bertz CT molecular complexity index is 1900. The molecule has 1 aromatic carbocycles. The van der Waals surface area contributed by atoms with E-state index in [-0.39, 0.29) is 36.1 Å². The lowest BCUT2D eigenvalue weighted by Gasteiger charge is -2.32. The zero-order valence-corrected chi connectivity index (χ0v) is 32.2. The van der Waals surface area contributed by atoms with Crippen molar-refractivity contribution in [1.82, 2.24) is 30.2 Å². The summed E-state index contributed by atoms with van der Waals surface area (Å²) in [6.45, 7) is 4.09. The maximum absolute atomic E-state index is 14.3. The molecule has 5 aliphatic rings. The van der Waals surface area contributed by atoms with Crippen molar-refractivity contribution >= 4 is 44.9 Å². The number of aromatic nitrogens is 2. The Morgan fingerprint density at radius 3 is 2.42 bits per heavy atom. The molecule has 14 nitrogen and oxygen atoms in total. The first-order valence-electron chi connectivity index (χ1n) is 20.2. The topological polar surface area (TPSA) is 197 Å². The third-order valence-corrected chi connectivity index (χ3v) is 14.3. The van der Waals surface area contributed by atoms with Gasteiger partial charge in [0.15, 0.2) is 0 Å². The van der Waals surface area contributed by atoms with Crippen LogP contribution in [0.1, 0.15) is 108 Å². The van der Waals surface area contributed by atoms with Crippen LogP contribution in [0.3, 0.4) is 0 Å². The summed E-state index contributed by atoms with van der Waals surface area (Å²) < 4.78 is 33.3. The van der Waals surface area contributed by atoms with Gasteiger partial charge < -0.3 is 25.4 Å². The van der Waals surface area contributed by atoms with E-state index in [1.165, 1.54) is 11.0 Å². The van der Waals surface area contributed by atoms with Crippen molar-refractivity contribution in [2.75, 3.05) is 6.54 Å². The molecule has 4 N–H and O–H groups in total. The summed E-state index contributed by atoms with van der Waals surface area (Å²) >= 11 is 0. The van der Waals surface area contributed by atoms with Gasteiger partial charge in [0.05, 0.1) is 16.3 Å². The number of fused-ring (bicyclic) bond motifs is 1. The fraction of sp³-hybridized carbons (Fsp3) is 0.650. The number of hydrogen-bond acceptors (Lipinski definition) is 10. The quantitative estimate of drug-likeness (QED) is 0.139. The van der Waals surface area contributed by atoms with Gasteiger partial charge in [0, 0.05) is 12.5 Å². The zero-order chi connectivity index (χ0) is 38.7. The van der Waals surface area contributed by atoms with Crippen molar-refractivity contribution in [2.24, 2.45) is 17.8 Å². The van der Waals surface area contributed by atoms with Gasteiger partial charge in [-0.3, -0.25) is 19.1 Å². The summed E-state index contributed by atoms with van der Waals surface area (Å²) in [4.78, 5) is 65.2. The van der Waals surface area contributed by atoms with Crippen molar-refractivity contribution in [3.8, 4) is 5.88 Å². The number of amides is 4. The molecule has 6 atom stereocenters. The van der Waals surface area contributed by atoms with E-state index in [4.69, 9.17) is 4.74 Å². The maximum atomic E-state index is 14.3. The van der Waals surface area contributed by atoms with Gasteiger partial charge in [0.2, 0.25) is 27.7 Å².